The summed E-state index contributed by atoms with van der Waals surface area (Å²) < 4.78 is 13.4. The highest BCUT2D eigenvalue weighted by Gasteiger charge is 2.24. The Kier molecular flexibility index (Phi) is 3.37. The van der Waals surface area contributed by atoms with Gasteiger partial charge in [-0.1, -0.05) is 37.5 Å². The van der Waals surface area contributed by atoms with Crippen molar-refractivity contribution in [2.45, 2.75) is 38.2 Å². The van der Waals surface area contributed by atoms with Crippen molar-refractivity contribution in [3.63, 3.8) is 0 Å². The van der Waals surface area contributed by atoms with Gasteiger partial charge in [-0.2, -0.15) is 0 Å². The Balaban J connectivity index is 2.12. The molecular formula is C13H17FO. The summed E-state index contributed by atoms with van der Waals surface area (Å²) in [6.07, 6.45) is 5.00. The third-order valence-corrected chi connectivity index (χ3v) is 3.32. The molecule has 1 aromatic rings. The molecule has 1 aliphatic carbocycles. The lowest BCUT2D eigenvalue weighted by molar-refractivity contribution is 0.0816. The van der Waals surface area contributed by atoms with Crippen LogP contribution in [0.3, 0.4) is 0 Å². The molecule has 82 valence electrons. The summed E-state index contributed by atoms with van der Waals surface area (Å²) in [5, 5.41) is 10.1. The molecule has 0 bridgehead atoms. The summed E-state index contributed by atoms with van der Waals surface area (Å²) in [5.74, 6) is -0.0359. The summed E-state index contributed by atoms with van der Waals surface area (Å²) in [7, 11) is 0. The molecule has 1 aromatic carbocycles. The van der Waals surface area contributed by atoms with Gasteiger partial charge in [0.15, 0.2) is 0 Å². The van der Waals surface area contributed by atoms with E-state index in [9.17, 15) is 9.50 Å². The van der Waals surface area contributed by atoms with Gasteiger partial charge in [0.25, 0.3) is 0 Å². The Labute approximate surface area is 89.9 Å². The Morgan fingerprint density at radius 3 is 2.47 bits per heavy atom. The number of aliphatic hydroxyl groups excluding tert-OH is 1. The Morgan fingerprint density at radius 2 is 1.80 bits per heavy atom. The molecule has 1 aliphatic rings. The fraction of sp³-hybridized carbons (Fsp3) is 0.538. The minimum Gasteiger partial charge on any atom is -0.388 e. The highest BCUT2D eigenvalue weighted by molar-refractivity contribution is 5.20. The molecule has 1 N–H and O–H groups in total. The maximum Gasteiger partial charge on any atom is 0.129 e. The van der Waals surface area contributed by atoms with Crippen molar-refractivity contribution in [1.29, 1.82) is 0 Å². The zero-order valence-corrected chi connectivity index (χ0v) is 8.82. The molecule has 1 nitrogen and oxygen atoms in total. The summed E-state index contributed by atoms with van der Waals surface area (Å²) in [5.41, 5.74) is 0.462. The lowest BCUT2D eigenvalue weighted by Gasteiger charge is -2.26. The molecule has 0 spiro atoms. The van der Waals surface area contributed by atoms with E-state index in [0.717, 1.165) is 25.7 Å². The minimum atomic E-state index is -0.619. The third kappa shape index (κ3) is 2.37. The quantitative estimate of drug-likeness (QED) is 0.789. The van der Waals surface area contributed by atoms with E-state index in [2.05, 4.69) is 0 Å². The van der Waals surface area contributed by atoms with Gasteiger partial charge in [-0.3, -0.25) is 0 Å². The topological polar surface area (TPSA) is 20.2 Å². The minimum absolute atomic E-state index is 0.246. The van der Waals surface area contributed by atoms with Crippen LogP contribution in [0.1, 0.15) is 43.8 Å². The van der Waals surface area contributed by atoms with Crippen LogP contribution in [0.15, 0.2) is 24.3 Å². The molecule has 0 amide bonds. The summed E-state index contributed by atoms with van der Waals surface area (Å²) in [6.45, 7) is 0. The van der Waals surface area contributed by atoms with Gasteiger partial charge in [0.1, 0.15) is 5.82 Å². The van der Waals surface area contributed by atoms with Gasteiger partial charge >= 0.3 is 0 Å². The van der Waals surface area contributed by atoms with Crippen molar-refractivity contribution in [3.05, 3.63) is 35.6 Å². The number of aliphatic hydroxyl groups is 1. The highest BCUT2D eigenvalue weighted by atomic mass is 19.1. The fourth-order valence-corrected chi connectivity index (χ4v) is 2.42. The number of hydrogen-bond donors (Lipinski definition) is 1. The van der Waals surface area contributed by atoms with Crippen LogP contribution in [-0.2, 0) is 0 Å². The molecule has 0 heterocycles. The average molecular weight is 208 g/mol. The van der Waals surface area contributed by atoms with Gasteiger partial charge in [-0.05, 0) is 24.8 Å². The van der Waals surface area contributed by atoms with Gasteiger partial charge in [0, 0.05) is 5.56 Å². The van der Waals surface area contributed by atoms with E-state index < -0.39 is 6.10 Å². The van der Waals surface area contributed by atoms with Crippen LogP contribution >= 0.6 is 0 Å². The molecule has 2 heteroatoms. The maximum absolute atomic E-state index is 13.4. The van der Waals surface area contributed by atoms with Gasteiger partial charge in [-0.15, -0.1) is 0 Å². The zero-order chi connectivity index (χ0) is 10.7. The van der Waals surface area contributed by atoms with Gasteiger partial charge in [0.05, 0.1) is 6.10 Å². The molecule has 0 saturated heterocycles. The van der Waals surface area contributed by atoms with E-state index in [1.807, 2.05) is 0 Å². The highest BCUT2D eigenvalue weighted by Crippen LogP contribution is 2.34. The van der Waals surface area contributed by atoms with Crippen LogP contribution in [0.4, 0.5) is 4.39 Å². The van der Waals surface area contributed by atoms with E-state index >= 15 is 0 Å². The van der Waals surface area contributed by atoms with Gasteiger partial charge < -0.3 is 5.11 Å². The van der Waals surface area contributed by atoms with Crippen molar-refractivity contribution in [3.8, 4) is 0 Å². The zero-order valence-electron chi connectivity index (χ0n) is 8.82. The van der Waals surface area contributed by atoms with E-state index in [1.165, 1.54) is 12.5 Å². The van der Waals surface area contributed by atoms with Crippen LogP contribution < -0.4 is 0 Å². The fourth-order valence-electron chi connectivity index (χ4n) is 2.42. The number of rotatable bonds is 2. The molecule has 1 saturated carbocycles. The molecule has 15 heavy (non-hydrogen) atoms. The largest absolute Gasteiger partial charge is 0.388 e. The first-order valence-corrected chi connectivity index (χ1v) is 5.71. The van der Waals surface area contributed by atoms with Crippen LogP contribution in [0, 0.1) is 11.7 Å². The second kappa shape index (κ2) is 4.75. The van der Waals surface area contributed by atoms with Crippen molar-refractivity contribution in [2.75, 3.05) is 0 Å². The number of benzene rings is 1. The molecule has 2 rings (SSSR count). The normalized spacial score (nSPS) is 20.1. The lowest BCUT2D eigenvalue weighted by Crippen LogP contribution is -2.16. The molecule has 0 radical (unpaired) electrons. The predicted molar refractivity (Wildman–Crippen MR) is 57.9 cm³/mol. The Bertz CT molecular complexity index is 318. The first-order chi connectivity index (χ1) is 7.29. The number of hydrogen-bond acceptors (Lipinski definition) is 1. The van der Waals surface area contributed by atoms with Crippen molar-refractivity contribution >= 4 is 0 Å². The molecule has 1 atom stereocenters. The SMILES string of the molecule is O[C@@H](c1ccccc1F)C1CCCCC1. The monoisotopic (exact) mass is 208 g/mol. The van der Waals surface area contributed by atoms with E-state index in [0.29, 0.717) is 5.56 Å². The third-order valence-electron chi connectivity index (χ3n) is 3.32. The first-order valence-electron chi connectivity index (χ1n) is 5.71. The standard InChI is InChI=1S/C13H17FO/c14-12-9-5-4-8-11(12)13(15)10-6-2-1-3-7-10/h4-5,8-10,13,15H,1-3,6-7H2/t13-/m1/s1. The van der Waals surface area contributed by atoms with Gasteiger partial charge in [-0.25, -0.2) is 4.39 Å². The van der Waals surface area contributed by atoms with Crippen molar-refractivity contribution < 1.29 is 9.50 Å². The van der Waals surface area contributed by atoms with Crippen LogP contribution in [0.5, 0.6) is 0 Å². The molecule has 0 aliphatic heterocycles. The summed E-state index contributed by atoms with van der Waals surface area (Å²) in [4.78, 5) is 0. The average Bonchev–Trinajstić information content (AvgIpc) is 2.30. The Hall–Kier alpha value is -0.890. The van der Waals surface area contributed by atoms with Gasteiger partial charge in [0.2, 0.25) is 0 Å². The van der Waals surface area contributed by atoms with Crippen LogP contribution in [-0.4, -0.2) is 5.11 Å². The summed E-state index contributed by atoms with van der Waals surface area (Å²) >= 11 is 0. The lowest BCUT2D eigenvalue weighted by atomic mass is 9.82. The van der Waals surface area contributed by atoms with Crippen molar-refractivity contribution in [1.82, 2.24) is 0 Å². The number of halogens is 1. The molecular weight excluding hydrogens is 191 g/mol. The maximum atomic E-state index is 13.4. The molecule has 0 unspecified atom stereocenters. The first kappa shape index (κ1) is 10.6. The molecule has 1 fully saturated rings. The van der Waals surface area contributed by atoms with Crippen LogP contribution in [0.25, 0.3) is 0 Å². The molecule has 0 aromatic heterocycles. The Morgan fingerprint density at radius 1 is 1.13 bits per heavy atom. The van der Waals surface area contributed by atoms with E-state index in [1.54, 1.807) is 18.2 Å². The predicted octanol–water partition coefficient (Wildman–Crippen LogP) is 3.44. The van der Waals surface area contributed by atoms with E-state index in [4.69, 9.17) is 0 Å². The second-order valence-electron chi connectivity index (χ2n) is 4.36. The summed E-state index contributed by atoms with van der Waals surface area (Å²) in [6, 6.07) is 6.55. The van der Waals surface area contributed by atoms with E-state index in [-0.39, 0.29) is 11.7 Å². The smallest absolute Gasteiger partial charge is 0.129 e. The van der Waals surface area contributed by atoms with Crippen LogP contribution in [0.2, 0.25) is 0 Å². The van der Waals surface area contributed by atoms with Crippen molar-refractivity contribution in [2.24, 2.45) is 5.92 Å². The second-order valence-corrected chi connectivity index (χ2v) is 4.36.